The molecule has 4 heterocycles. The minimum atomic E-state index is -0.638. The average molecular weight is 832 g/mol. The van der Waals surface area contributed by atoms with Crippen LogP contribution in [0.3, 0.4) is 0 Å². The lowest BCUT2D eigenvalue weighted by Gasteiger charge is -2.38. The molecule has 0 spiro atoms. The van der Waals surface area contributed by atoms with Gasteiger partial charge in [-0.3, -0.25) is 19.2 Å². The van der Waals surface area contributed by atoms with Gasteiger partial charge in [0.25, 0.3) is 11.8 Å². The second-order valence-electron chi connectivity index (χ2n) is 16.0. The van der Waals surface area contributed by atoms with Crippen molar-refractivity contribution in [3.8, 4) is 11.1 Å². The third kappa shape index (κ3) is 11.4. The Labute approximate surface area is 358 Å². The number of nitrogens with zero attached hydrogens (tertiary/aromatic N) is 6. The molecule has 3 aliphatic rings. The van der Waals surface area contributed by atoms with Gasteiger partial charge in [0.15, 0.2) is 5.69 Å². The number of carbonyl (C=O) groups excluding carboxylic acids is 4. The second-order valence-corrected chi connectivity index (χ2v) is 16.0. The summed E-state index contributed by atoms with van der Waals surface area (Å²) in [6.07, 6.45) is 5.73. The average Bonchev–Trinajstić information content (AvgIpc) is 3.30. The van der Waals surface area contributed by atoms with E-state index in [4.69, 9.17) is 16.9 Å². The van der Waals surface area contributed by atoms with Crippen LogP contribution in [-0.2, 0) is 17.6 Å². The maximum Gasteiger partial charge on any atom is 0.274 e. The smallest absolute Gasteiger partial charge is 0.274 e. The maximum atomic E-state index is 14.3. The molecule has 0 unspecified atom stereocenters. The highest BCUT2D eigenvalue weighted by Gasteiger charge is 2.28. The van der Waals surface area contributed by atoms with Gasteiger partial charge in [0.1, 0.15) is 5.82 Å². The highest BCUT2D eigenvalue weighted by Crippen LogP contribution is 2.26. The summed E-state index contributed by atoms with van der Waals surface area (Å²) in [7, 11) is 0. The SMILES string of the molecule is CCc1cccc(-c2cnc(C(=O)N3CCC(CN4CCN(CC)CC4)CC3)c(N)c2)c1.N=C(Cc1ccc(F)c(C(=O)N2CCN(C=O)CC2)c1)c1ccccc1C(N)=O. The van der Waals surface area contributed by atoms with Crippen molar-refractivity contribution in [2.45, 2.75) is 39.5 Å². The summed E-state index contributed by atoms with van der Waals surface area (Å²) in [4.78, 5) is 62.8. The van der Waals surface area contributed by atoms with Crippen LogP contribution in [0.2, 0.25) is 0 Å². The topological polar surface area (TPSA) is 173 Å². The number of carbonyl (C=O) groups is 4. The fraction of sp³-hybridized carbons (Fsp3) is 0.404. The van der Waals surface area contributed by atoms with Gasteiger partial charge >= 0.3 is 0 Å². The maximum absolute atomic E-state index is 14.3. The number of piperidine rings is 1. The standard InChI is InChI=1S/C26H37N5O.C21H21FN4O3/c1-3-20-6-5-7-22(16-20)23-17-24(27)25(28-18-23)26(32)31-10-8-21(9-11-31)19-30-14-12-29(4-2)13-15-30;22-18-6-5-14(12-19(23)15-3-1-2-4-16(15)20(24)28)11-17(18)21(29)26-9-7-25(13-27)8-10-26/h5-7,16-18,21H,3-4,8-15,19,27H2,1-2H3;1-6,11,13,23H,7-10,12H2,(H2,24,28). The first kappa shape index (κ1) is 44.6. The number of benzene rings is 3. The fourth-order valence-corrected chi connectivity index (χ4v) is 8.22. The van der Waals surface area contributed by atoms with Crippen LogP contribution in [0.1, 0.15) is 74.6 Å². The summed E-state index contributed by atoms with van der Waals surface area (Å²) in [6.45, 7) is 14.5. The number of aryl methyl sites for hydroxylation is 1. The molecule has 3 saturated heterocycles. The Bertz CT molecular complexity index is 2190. The number of nitrogen functional groups attached to an aromatic ring is 1. The summed E-state index contributed by atoms with van der Waals surface area (Å²) < 4.78 is 14.3. The molecule has 5 N–H and O–H groups in total. The summed E-state index contributed by atoms with van der Waals surface area (Å²) >= 11 is 0. The number of piperazine rings is 2. The number of rotatable bonds is 12. The van der Waals surface area contributed by atoms with Gasteiger partial charge in [-0.25, -0.2) is 9.37 Å². The van der Waals surface area contributed by atoms with Crippen LogP contribution in [0, 0.1) is 17.1 Å². The number of nitrogens with one attached hydrogen (secondary N) is 1. The zero-order valence-corrected chi connectivity index (χ0v) is 35.3. The zero-order chi connectivity index (χ0) is 43.5. The van der Waals surface area contributed by atoms with Crippen molar-refractivity contribution in [1.29, 1.82) is 5.41 Å². The molecule has 13 nitrogen and oxygen atoms in total. The highest BCUT2D eigenvalue weighted by molar-refractivity contribution is 6.09. The lowest BCUT2D eigenvalue weighted by atomic mass is 9.95. The van der Waals surface area contributed by atoms with Crippen LogP contribution in [-0.4, -0.2) is 138 Å². The molecular weight excluding hydrogens is 774 g/mol. The molecule has 14 heteroatoms. The molecule has 0 aliphatic carbocycles. The van der Waals surface area contributed by atoms with Gasteiger partial charge in [0.2, 0.25) is 12.3 Å². The number of nitrogens with two attached hydrogens (primary N) is 2. The Balaban J connectivity index is 0.000000205. The number of aromatic nitrogens is 1. The monoisotopic (exact) mass is 831 g/mol. The minimum Gasteiger partial charge on any atom is -0.397 e. The Morgan fingerprint density at radius 2 is 1.43 bits per heavy atom. The Morgan fingerprint density at radius 1 is 0.754 bits per heavy atom. The Kier molecular flexibility index (Phi) is 15.3. The van der Waals surface area contributed by atoms with E-state index in [1.54, 1.807) is 35.4 Å². The lowest BCUT2D eigenvalue weighted by Crippen LogP contribution is -2.49. The van der Waals surface area contributed by atoms with E-state index in [0.717, 1.165) is 63.0 Å². The van der Waals surface area contributed by atoms with E-state index in [2.05, 4.69) is 52.9 Å². The molecule has 7 rings (SSSR count). The molecule has 0 radical (unpaired) electrons. The first-order chi connectivity index (χ1) is 29.5. The van der Waals surface area contributed by atoms with E-state index >= 15 is 0 Å². The van der Waals surface area contributed by atoms with Gasteiger partial charge in [-0.15, -0.1) is 0 Å². The lowest BCUT2D eigenvalue weighted by molar-refractivity contribution is -0.119. The van der Waals surface area contributed by atoms with Crippen LogP contribution >= 0.6 is 0 Å². The van der Waals surface area contributed by atoms with Gasteiger partial charge < -0.3 is 41.4 Å². The number of likely N-dealkylation sites (N-methyl/N-ethyl adjacent to an activating group) is 1. The number of halogens is 1. The van der Waals surface area contributed by atoms with Gasteiger partial charge in [0, 0.05) is 107 Å². The molecule has 4 amide bonds. The molecule has 1 aromatic heterocycles. The number of anilines is 1. The van der Waals surface area contributed by atoms with Gasteiger partial charge in [-0.1, -0.05) is 62.4 Å². The number of hydrogen-bond donors (Lipinski definition) is 3. The summed E-state index contributed by atoms with van der Waals surface area (Å²) in [5.74, 6) is -1.08. The number of pyridine rings is 1. The molecule has 4 aromatic rings. The highest BCUT2D eigenvalue weighted by atomic mass is 19.1. The molecule has 3 aromatic carbocycles. The van der Waals surface area contributed by atoms with E-state index < -0.39 is 17.6 Å². The van der Waals surface area contributed by atoms with Crippen LogP contribution in [0.5, 0.6) is 0 Å². The van der Waals surface area contributed by atoms with Crippen LogP contribution in [0.25, 0.3) is 11.1 Å². The zero-order valence-electron chi connectivity index (χ0n) is 35.3. The first-order valence-electron chi connectivity index (χ1n) is 21.3. The van der Waals surface area contributed by atoms with Crippen molar-refractivity contribution in [2.24, 2.45) is 11.7 Å². The van der Waals surface area contributed by atoms with E-state index in [1.165, 1.54) is 54.8 Å². The number of primary amides is 1. The van der Waals surface area contributed by atoms with Crippen LogP contribution in [0.4, 0.5) is 10.1 Å². The fourth-order valence-electron chi connectivity index (χ4n) is 8.22. The van der Waals surface area contributed by atoms with Crippen LogP contribution in [0.15, 0.2) is 79.0 Å². The molecular formula is C47H58FN9O4. The minimum absolute atomic E-state index is 0.0358. The largest absolute Gasteiger partial charge is 0.397 e. The van der Waals surface area contributed by atoms with E-state index in [-0.39, 0.29) is 29.2 Å². The molecule has 61 heavy (non-hydrogen) atoms. The predicted molar refractivity (Wildman–Crippen MR) is 236 cm³/mol. The third-order valence-electron chi connectivity index (χ3n) is 12.0. The molecule has 0 atom stereocenters. The van der Waals surface area contributed by atoms with Crippen molar-refractivity contribution in [3.63, 3.8) is 0 Å². The number of likely N-dealkylation sites (tertiary alicyclic amines) is 1. The second kappa shape index (κ2) is 21.0. The number of amides is 4. The van der Waals surface area contributed by atoms with Gasteiger partial charge in [-0.05, 0) is 72.7 Å². The molecule has 322 valence electrons. The molecule has 3 aliphatic heterocycles. The van der Waals surface area contributed by atoms with Crippen molar-refractivity contribution < 1.29 is 23.6 Å². The van der Waals surface area contributed by atoms with Crippen molar-refractivity contribution in [1.82, 2.24) is 29.5 Å². The van der Waals surface area contributed by atoms with E-state index in [0.29, 0.717) is 54.6 Å². The summed E-state index contributed by atoms with van der Waals surface area (Å²) in [5.41, 5.74) is 17.1. The Hall–Kier alpha value is -5.99. The van der Waals surface area contributed by atoms with Crippen molar-refractivity contribution >= 4 is 35.5 Å². The third-order valence-corrected chi connectivity index (χ3v) is 12.0. The summed E-state index contributed by atoms with van der Waals surface area (Å²) in [5, 5.41) is 8.34. The van der Waals surface area contributed by atoms with Crippen molar-refractivity contribution in [3.05, 3.63) is 118 Å². The number of hydrogen-bond acceptors (Lipinski definition) is 9. The predicted octanol–water partition coefficient (Wildman–Crippen LogP) is 4.83. The molecule has 0 bridgehead atoms. The van der Waals surface area contributed by atoms with Gasteiger partial charge in [-0.2, -0.15) is 0 Å². The molecule has 3 fully saturated rings. The van der Waals surface area contributed by atoms with Crippen LogP contribution < -0.4 is 11.5 Å². The molecule has 0 saturated carbocycles. The van der Waals surface area contributed by atoms with E-state index in [1.807, 2.05) is 11.0 Å². The Morgan fingerprint density at radius 3 is 2.07 bits per heavy atom. The first-order valence-corrected chi connectivity index (χ1v) is 21.3. The quantitative estimate of drug-likeness (QED) is 0.135. The van der Waals surface area contributed by atoms with Gasteiger partial charge in [0.05, 0.1) is 11.3 Å². The summed E-state index contributed by atoms with van der Waals surface area (Å²) in [6, 6.07) is 21.0. The van der Waals surface area contributed by atoms with E-state index in [9.17, 15) is 23.6 Å². The van der Waals surface area contributed by atoms with Crippen molar-refractivity contribution in [2.75, 3.05) is 84.3 Å². The normalized spacial score (nSPS) is 16.4.